The predicted molar refractivity (Wildman–Crippen MR) is 101 cm³/mol. The number of carbonyl (C=O) groups excluding carboxylic acids is 1. The first-order valence-electron chi connectivity index (χ1n) is 6.01. The molecule has 1 aromatic carbocycles. The normalized spacial score (nSPS) is 22.1. The van der Waals surface area contributed by atoms with Crippen LogP contribution in [0, 0.1) is 16.6 Å². The summed E-state index contributed by atoms with van der Waals surface area (Å²) in [5.74, 6) is -1.10. The lowest BCUT2D eigenvalue weighted by molar-refractivity contribution is -0.142. The van der Waals surface area contributed by atoms with Crippen molar-refractivity contribution in [2.45, 2.75) is 19.4 Å². The minimum absolute atomic E-state index is 0.00373. The van der Waals surface area contributed by atoms with Crippen LogP contribution in [0.5, 0.6) is 0 Å². The van der Waals surface area contributed by atoms with E-state index in [1.54, 1.807) is 0 Å². The molecule has 1 fully saturated rings. The van der Waals surface area contributed by atoms with Gasteiger partial charge in [0, 0.05) is 17.3 Å². The van der Waals surface area contributed by atoms with Gasteiger partial charge in [0.1, 0.15) is 6.04 Å². The lowest BCUT2D eigenvalue weighted by Gasteiger charge is -2.24. The summed E-state index contributed by atoms with van der Waals surface area (Å²) in [6, 6.07) is 3.12. The first-order valence-corrected chi connectivity index (χ1v) is 9.25. The van der Waals surface area contributed by atoms with Crippen LogP contribution in [0.25, 0.3) is 0 Å². The number of carboxylic acid groups (broad SMARTS) is 1. The van der Waals surface area contributed by atoms with Crippen LogP contribution in [0.1, 0.15) is 23.7 Å². The monoisotopic (exact) mass is 611 g/mol. The molecule has 0 spiro atoms. The summed E-state index contributed by atoms with van der Waals surface area (Å²) in [5.41, 5.74) is 0.599. The zero-order chi connectivity index (χ0) is 15.0. The van der Waals surface area contributed by atoms with Gasteiger partial charge in [-0.15, -0.1) is 0 Å². The molecular weight excluding hydrogens is 599 g/mol. The van der Waals surface area contributed by atoms with E-state index in [-0.39, 0.29) is 11.8 Å². The van der Waals surface area contributed by atoms with Crippen LogP contribution in [-0.4, -0.2) is 34.5 Å². The zero-order valence-electron chi connectivity index (χ0n) is 10.6. The molecule has 7 heteroatoms. The number of hydrogen-bond acceptors (Lipinski definition) is 2. The van der Waals surface area contributed by atoms with Crippen molar-refractivity contribution in [2.24, 2.45) is 5.92 Å². The molecule has 2 unspecified atom stereocenters. The number of amides is 1. The van der Waals surface area contributed by atoms with Gasteiger partial charge < -0.3 is 10.0 Å². The first kappa shape index (κ1) is 16.7. The number of carboxylic acids is 1. The van der Waals surface area contributed by atoms with Crippen LogP contribution in [-0.2, 0) is 4.79 Å². The third kappa shape index (κ3) is 3.23. The van der Waals surface area contributed by atoms with Crippen LogP contribution >= 0.6 is 67.8 Å². The molecule has 2 rings (SSSR count). The molecule has 0 radical (unpaired) electrons. The van der Waals surface area contributed by atoms with Crippen molar-refractivity contribution in [3.63, 3.8) is 0 Å². The maximum atomic E-state index is 12.7. The fourth-order valence-electron chi connectivity index (χ4n) is 2.42. The number of nitrogens with zero attached hydrogens (tertiary/aromatic N) is 1. The van der Waals surface area contributed by atoms with Crippen molar-refractivity contribution >= 4 is 79.6 Å². The average Bonchev–Trinajstić information content (AvgIpc) is 2.75. The molecule has 0 saturated carbocycles. The largest absolute Gasteiger partial charge is 0.480 e. The summed E-state index contributed by atoms with van der Waals surface area (Å²) in [6.45, 7) is 2.39. The van der Waals surface area contributed by atoms with Crippen molar-refractivity contribution in [3.05, 3.63) is 28.4 Å². The molecule has 0 aromatic heterocycles. The van der Waals surface area contributed by atoms with Crippen molar-refractivity contribution in [1.29, 1.82) is 0 Å². The summed E-state index contributed by atoms with van der Waals surface area (Å²) in [5, 5.41) is 9.33. The lowest BCUT2D eigenvalue weighted by Crippen LogP contribution is -2.43. The van der Waals surface area contributed by atoms with Gasteiger partial charge in [0.2, 0.25) is 0 Å². The Morgan fingerprint density at radius 3 is 2.55 bits per heavy atom. The van der Waals surface area contributed by atoms with Crippen LogP contribution < -0.4 is 0 Å². The molecule has 4 nitrogen and oxygen atoms in total. The molecule has 1 aliphatic rings. The predicted octanol–water partition coefficient (Wildman–Crippen LogP) is 3.44. The molecule has 1 aromatic rings. The number of aliphatic carboxylic acids is 1. The van der Waals surface area contributed by atoms with Gasteiger partial charge in [-0.1, -0.05) is 6.92 Å². The van der Waals surface area contributed by atoms with Gasteiger partial charge >= 0.3 is 5.97 Å². The number of carbonyl (C=O) groups is 2. The SMILES string of the molecule is CC1CCN(C(=O)c2cc(I)cc(I)c2I)C1C(=O)O. The Labute approximate surface area is 158 Å². The van der Waals surface area contributed by atoms with Crippen LogP contribution in [0.4, 0.5) is 0 Å². The van der Waals surface area contributed by atoms with E-state index < -0.39 is 12.0 Å². The number of benzene rings is 1. The van der Waals surface area contributed by atoms with Crippen molar-refractivity contribution < 1.29 is 14.7 Å². The van der Waals surface area contributed by atoms with E-state index in [0.717, 1.165) is 17.1 Å². The van der Waals surface area contributed by atoms with E-state index >= 15 is 0 Å². The van der Waals surface area contributed by atoms with E-state index in [1.165, 1.54) is 4.90 Å². The number of halogens is 3. The Kier molecular flexibility index (Phi) is 5.54. The highest BCUT2D eigenvalue weighted by molar-refractivity contribution is 14.1. The Bertz CT molecular complexity index is 576. The van der Waals surface area contributed by atoms with Gasteiger partial charge in [-0.2, -0.15) is 0 Å². The van der Waals surface area contributed by atoms with E-state index in [9.17, 15) is 14.7 Å². The Balaban J connectivity index is 2.39. The summed E-state index contributed by atoms with van der Waals surface area (Å²) in [4.78, 5) is 25.6. The quantitative estimate of drug-likeness (QED) is 0.413. The zero-order valence-corrected chi connectivity index (χ0v) is 17.0. The Hall–Kier alpha value is 0.350. The van der Waals surface area contributed by atoms with Crippen LogP contribution in [0.3, 0.4) is 0 Å². The summed E-state index contributed by atoms with van der Waals surface area (Å²) in [7, 11) is 0. The van der Waals surface area contributed by atoms with Gasteiger partial charge in [-0.05, 0) is 92.2 Å². The molecular formula is C13H12I3NO3. The number of likely N-dealkylation sites (tertiary alicyclic amines) is 1. The van der Waals surface area contributed by atoms with E-state index in [2.05, 4.69) is 67.8 Å². The van der Waals surface area contributed by atoms with E-state index in [1.807, 2.05) is 19.1 Å². The molecule has 2 atom stereocenters. The van der Waals surface area contributed by atoms with E-state index in [0.29, 0.717) is 12.1 Å². The topological polar surface area (TPSA) is 57.6 Å². The summed E-state index contributed by atoms with van der Waals surface area (Å²) >= 11 is 6.51. The number of rotatable bonds is 2. The second-order valence-corrected chi connectivity index (χ2v) is 8.28. The van der Waals surface area contributed by atoms with E-state index in [4.69, 9.17) is 0 Å². The highest BCUT2D eigenvalue weighted by Crippen LogP contribution is 2.29. The van der Waals surface area contributed by atoms with Crippen molar-refractivity contribution in [2.75, 3.05) is 6.54 Å². The maximum Gasteiger partial charge on any atom is 0.326 e. The molecule has 1 heterocycles. The molecule has 1 saturated heterocycles. The van der Waals surface area contributed by atoms with Gasteiger partial charge in [-0.25, -0.2) is 4.79 Å². The van der Waals surface area contributed by atoms with Gasteiger partial charge in [0.25, 0.3) is 5.91 Å². The molecule has 0 bridgehead atoms. The van der Waals surface area contributed by atoms with Gasteiger partial charge in [0.15, 0.2) is 0 Å². The average molecular weight is 611 g/mol. The minimum Gasteiger partial charge on any atom is -0.480 e. The maximum absolute atomic E-state index is 12.7. The summed E-state index contributed by atoms with van der Waals surface area (Å²) < 4.78 is 2.88. The first-order chi connectivity index (χ1) is 9.32. The second kappa shape index (κ2) is 6.63. The molecule has 1 aliphatic heterocycles. The van der Waals surface area contributed by atoms with Gasteiger partial charge in [-0.3, -0.25) is 4.79 Å². The molecule has 108 valence electrons. The molecule has 0 aliphatic carbocycles. The Morgan fingerprint density at radius 2 is 1.95 bits per heavy atom. The summed E-state index contributed by atoms with van der Waals surface area (Å²) in [6.07, 6.45) is 0.736. The fraction of sp³-hybridized carbons (Fsp3) is 0.385. The smallest absolute Gasteiger partial charge is 0.326 e. The standard InChI is InChI=1S/C13H12I3NO3/c1-6-2-3-17(11(6)13(19)20)12(18)8-4-7(14)5-9(15)10(8)16/h4-6,11H,2-3H2,1H3,(H,19,20). The van der Waals surface area contributed by atoms with Gasteiger partial charge in [0.05, 0.1) is 5.56 Å². The highest BCUT2D eigenvalue weighted by atomic mass is 127. The van der Waals surface area contributed by atoms with Crippen molar-refractivity contribution in [3.8, 4) is 0 Å². The lowest BCUT2D eigenvalue weighted by atomic mass is 10.0. The molecule has 1 N–H and O–H groups in total. The number of hydrogen-bond donors (Lipinski definition) is 1. The molecule has 1 amide bonds. The fourth-order valence-corrected chi connectivity index (χ4v) is 4.80. The third-order valence-electron chi connectivity index (χ3n) is 3.44. The molecule has 20 heavy (non-hydrogen) atoms. The van der Waals surface area contributed by atoms with Crippen LogP contribution in [0.2, 0.25) is 0 Å². The Morgan fingerprint density at radius 1 is 1.30 bits per heavy atom. The third-order valence-corrected chi connectivity index (χ3v) is 7.11. The minimum atomic E-state index is -0.918. The van der Waals surface area contributed by atoms with Crippen molar-refractivity contribution in [1.82, 2.24) is 4.90 Å². The van der Waals surface area contributed by atoms with Crippen LogP contribution in [0.15, 0.2) is 12.1 Å². The second-order valence-electron chi connectivity index (χ2n) is 4.80. The highest BCUT2D eigenvalue weighted by Gasteiger charge is 2.40.